The lowest BCUT2D eigenvalue weighted by Gasteiger charge is -2.11. The standard InChI is InChI=1S/C28H22Cl2N2O4/c29-21-9-11-25(33)19(15-21)17-31-23-5-1-3-7-27(23)35-13-14-36-28-8-4-2-6-24(28)32-18-20-16-22(30)10-12-26(20)34/h1-12,15-18,33-34H,13-14H2. The van der Waals surface area contributed by atoms with E-state index in [1.165, 1.54) is 24.6 Å². The minimum absolute atomic E-state index is 0.0850. The summed E-state index contributed by atoms with van der Waals surface area (Å²) in [7, 11) is 0. The fourth-order valence-electron chi connectivity index (χ4n) is 3.21. The molecule has 0 amide bonds. The van der Waals surface area contributed by atoms with Crippen LogP contribution in [0.5, 0.6) is 23.0 Å². The summed E-state index contributed by atoms with van der Waals surface area (Å²) in [5.74, 6) is 1.31. The van der Waals surface area contributed by atoms with Crippen LogP contribution in [0.15, 0.2) is 94.9 Å². The molecule has 0 atom stereocenters. The first-order valence-corrected chi connectivity index (χ1v) is 11.7. The molecule has 4 aromatic rings. The summed E-state index contributed by atoms with van der Waals surface area (Å²) in [5, 5.41) is 21.0. The van der Waals surface area contributed by atoms with E-state index in [2.05, 4.69) is 9.98 Å². The molecule has 0 fully saturated rings. The summed E-state index contributed by atoms with van der Waals surface area (Å²) < 4.78 is 11.8. The van der Waals surface area contributed by atoms with Crippen molar-refractivity contribution < 1.29 is 19.7 Å². The number of rotatable bonds is 9. The van der Waals surface area contributed by atoms with Crippen molar-refractivity contribution in [1.82, 2.24) is 0 Å². The van der Waals surface area contributed by atoms with E-state index in [4.69, 9.17) is 32.7 Å². The lowest BCUT2D eigenvalue weighted by Crippen LogP contribution is -2.09. The predicted octanol–water partition coefficient (Wildman–Crippen LogP) is 7.36. The molecule has 6 nitrogen and oxygen atoms in total. The zero-order valence-electron chi connectivity index (χ0n) is 19.0. The molecule has 182 valence electrons. The summed E-state index contributed by atoms with van der Waals surface area (Å²) in [6, 6.07) is 24.1. The molecule has 0 aliphatic heterocycles. The van der Waals surface area contributed by atoms with Gasteiger partial charge in [0.1, 0.15) is 47.6 Å². The number of aliphatic imine (C=N–C) groups is 2. The Morgan fingerprint density at radius 2 is 1.03 bits per heavy atom. The number of aromatic hydroxyl groups is 2. The van der Waals surface area contributed by atoms with Crippen molar-refractivity contribution in [2.75, 3.05) is 13.2 Å². The highest BCUT2D eigenvalue weighted by Gasteiger charge is 2.06. The first-order valence-electron chi connectivity index (χ1n) is 11.0. The number of para-hydroxylation sites is 4. The van der Waals surface area contributed by atoms with Gasteiger partial charge < -0.3 is 19.7 Å². The molecule has 0 aliphatic carbocycles. The quantitative estimate of drug-likeness (QED) is 0.178. The van der Waals surface area contributed by atoms with Gasteiger partial charge >= 0.3 is 0 Å². The summed E-state index contributed by atoms with van der Waals surface area (Å²) in [6.45, 7) is 0.532. The number of ether oxygens (including phenoxy) is 2. The lowest BCUT2D eigenvalue weighted by atomic mass is 10.2. The Labute approximate surface area is 218 Å². The van der Waals surface area contributed by atoms with Crippen LogP contribution < -0.4 is 9.47 Å². The fraction of sp³-hybridized carbons (Fsp3) is 0.0714. The predicted molar refractivity (Wildman–Crippen MR) is 145 cm³/mol. The molecule has 0 radical (unpaired) electrons. The van der Waals surface area contributed by atoms with Crippen LogP contribution in [-0.2, 0) is 0 Å². The van der Waals surface area contributed by atoms with Crippen molar-refractivity contribution in [2.24, 2.45) is 9.98 Å². The molecule has 0 saturated carbocycles. The third kappa shape index (κ3) is 6.78. The van der Waals surface area contributed by atoms with E-state index in [0.717, 1.165) is 0 Å². The number of halogens is 2. The van der Waals surface area contributed by atoms with E-state index in [9.17, 15) is 10.2 Å². The molecular weight excluding hydrogens is 499 g/mol. The molecule has 0 unspecified atom stereocenters. The van der Waals surface area contributed by atoms with Gasteiger partial charge in [-0.2, -0.15) is 0 Å². The maximum Gasteiger partial charge on any atom is 0.145 e. The molecule has 4 aromatic carbocycles. The van der Waals surface area contributed by atoms with E-state index in [-0.39, 0.29) is 24.7 Å². The Hall–Kier alpha value is -4.00. The Morgan fingerprint density at radius 1 is 0.611 bits per heavy atom. The third-order valence-corrected chi connectivity index (χ3v) is 5.46. The zero-order valence-corrected chi connectivity index (χ0v) is 20.5. The summed E-state index contributed by atoms with van der Waals surface area (Å²) in [4.78, 5) is 8.87. The van der Waals surface area contributed by atoms with Crippen molar-refractivity contribution >= 4 is 47.0 Å². The number of benzene rings is 4. The number of hydrogen-bond acceptors (Lipinski definition) is 6. The average molecular weight is 521 g/mol. The van der Waals surface area contributed by atoms with Crippen LogP contribution in [0.2, 0.25) is 10.0 Å². The van der Waals surface area contributed by atoms with Gasteiger partial charge in [0, 0.05) is 33.6 Å². The SMILES string of the molecule is Oc1ccc(Cl)cc1C=Nc1ccccc1OCCOc1ccccc1N=Cc1cc(Cl)ccc1O. The molecular formula is C28H22Cl2N2O4. The molecule has 36 heavy (non-hydrogen) atoms. The maximum atomic E-state index is 9.99. The average Bonchev–Trinajstić information content (AvgIpc) is 2.89. The number of phenolic OH excluding ortho intramolecular Hbond substituents is 2. The first kappa shape index (κ1) is 25.1. The van der Waals surface area contributed by atoms with Crippen LogP contribution in [0.3, 0.4) is 0 Å². The molecule has 4 rings (SSSR count). The van der Waals surface area contributed by atoms with Crippen molar-refractivity contribution in [3.05, 3.63) is 106 Å². The van der Waals surface area contributed by atoms with Crippen LogP contribution in [0.4, 0.5) is 11.4 Å². The molecule has 0 spiro atoms. The van der Waals surface area contributed by atoms with Gasteiger partial charge in [-0.1, -0.05) is 47.5 Å². The van der Waals surface area contributed by atoms with E-state index >= 15 is 0 Å². The molecule has 0 bridgehead atoms. The molecule has 0 aliphatic rings. The fourth-order valence-corrected chi connectivity index (χ4v) is 3.57. The largest absolute Gasteiger partial charge is 0.507 e. The summed E-state index contributed by atoms with van der Waals surface area (Å²) >= 11 is 12.0. The van der Waals surface area contributed by atoms with Gasteiger partial charge in [0.05, 0.1) is 0 Å². The molecule has 0 aromatic heterocycles. The molecule has 8 heteroatoms. The second-order valence-electron chi connectivity index (χ2n) is 7.56. The van der Waals surface area contributed by atoms with Gasteiger partial charge in [-0.3, -0.25) is 9.98 Å². The Balaban J connectivity index is 1.38. The molecule has 0 heterocycles. The van der Waals surface area contributed by atoms with Crippen LogP contribution in [0, 0.1) is 0 Å². The van der Waals surface area contributed by atoms with Crippen LogP contribution >= 0.6 is 23.2 Å². The number of hydrogen-bond donors (Lipinski definition) is 2. The third-order valence-electron chi connectivity index (χ3n) is 4.99. The van der Waals surface area contributed by atoms with Crippen molar-refractivity contribution in [3.63, 3.8) is 0 Å². The first-order chi connectivity index (χ1) is 17.5. The Morgan fingerprint density at radius 3 is 1.47 bits per heavy atom. The minimum atomic E-state index is 0.0850. The van der Waals surface area contributed by atoms with Gasteiger partial charge in [-0.15, -0.1) is 0 Å². The smallest absolute Gasteiger partial charge is 0.145 e. The molecule has 2 N–H and O–H groups in total. The van der Waals surface area contributed by atoms with Gasteiger partial charge in [-0.05, 0) is 60.7 Å². The maximum absolute atomic E-state index is 9.99. The van der Waals surface area contributed by atoms with Crippen molar-refractivity contribution in [2.45, 2.75) is 0 Å². The van der Waals surface area contributed by atoms with Crippen LogP contribution in [0.25, 0.3) is 0 Å². The number of nitrogens with zero attached hydrogens (tertiary/aromatic N) is 2. The van der Waals surface area contributed by atoms with Gasteiger partial charge in [0.15, 0.2) is 0 Å². The lowest BCUT2D eigenvalue weighted by molar-refractivity contribution is 0.218. The highest BCUT2D eigenvalue weighted by molar-refractivity contribution is 6.31. The Bertz CT molecular complexity index is 1300. The van der Waals surface area contributed by atoms with Gasteiger partial charge in [-0.25, -0.2) is 0 Å². The minimum Gasteiger partial charge on any atom is -0.507 e. The normalized spacial score (nSPS) is 11.3. The van der Waals surface area contributed by atoms with E-state index in [0.29, 0.717) is 44.0 Å². The monoisotopic (exact) mass is 520 g/mol. The van der Waals surface area contributed by atoms with Crippen molar-refractivity contribution in [3.8, 4) is 23.0 Å². The highest BCUT2D eigenvalue weighted by atomic mass is 35.5. The van der Waals surface area contributed by atoms with Crippen molar-refractivity contribution in [1.29, 1.82) is 0 Å². The van der Waals surface area contributed by atoms with E-state index < -0.39 is 0 Å². The van der Waals surface area contributed by atoms with E-state index in [1.54, 1.807) is 36.4 Å². The van der Waals surface area contributed by atoms with Crippen LogP contribution in [-0.4, -0.2) is 35.9 Å². The van der Waals surface area contributed by atoms with E-state index in [1.807, 2.05) is 36.4 Å². The van der Waals surface area contributed by atoms with Crippen LogP contribution in [0.1, 0.15) is 11.1 Å². The summed E-state index contributed by atoms with van der Waals surface area (Å²) in [5.41, 5.74) is 2.21. The van der Waals surface area contributed by atoms with Gasteiger partial charge in [0.25, 0.3) is 0 Å². The topological polar surface area (TPSA) is 83.6 Å². The highest BCUT2D eigenvalue weighted by Crippen LogP contribution is 2.30. The Kier molecular flexibility index (Phi) is 8.44. The molecule has 0 saturated heterocycles. The summed E-state index contributed by atoms with van der Waals surface area (Å²) in [6.07, 6.45) is 3.07. The second-order valence-corrected chi connectivity index (χ2v) is 8.43. The number of phenols is 2. The zero-order chi connectivity index (χ0) is 25.3. The second kappa shape index (κ2) is 12.1. The van der Waals surface area contributed by atoms with Gasteiger partial charge in [0.2, 0.25) is 0 Å².